The molecule has 0 aliphatic heterocycles. The Hall–Kier alpha value is -17.1. The zero-order valence-electron chi connectivity index (χ0n) is 70.8. The Labute approximate surface area is 747 Å². The number of nitrogens with zero attached hydrogens (tertiary/aromatic N) is 6. The molecule has 0 spiro atoms. The van der Waals surface area contributed by atoms with E-state index < -0.39 is 0 Å². The molecule has 0 N–H and O–H groups in total. The Kier molecular flexibility index (Phi) is 17.8. The summed E-state index contributed by atoms with van der Waals surface area (Å²) in [4.78, 5) is 30.8. The lowest BCUT2D eigenvalue weighted by atomic mass is 9.82. The second kappa shape index (κ2) is 30.6. The Morgan fingerprint density at radius 3 is 0.977 bits per heavy atom. The molecule has 1 aliphatic carbocycles. The van der Waals surface area contributed by atoms with Gasteiger partial charge in [-0.15, -0.1) is 0 Å². The monoisotopic (exact) mass is 1660 g/mol. The maximum Gasteiger partial charge on any atom is 0.160 e. The van der Waals surface area contributed by atoms with Crippen molar-refractivity contribution >= 4 is 142 Å². The number of benzene rings is 20. The van der Waals surface area contributed by atoms with Gasteiger partial charge < -0.3 is 13.3 Å². The van der Waals surface area contributed by atoms with E-state index in [4.69, 9.17) is 43.2 Å². The van der Waals surface area contributed by atoms with Gasteiger partial charge in [0.1, 0.15) is 33.5 Å². The minimum atomic E-state index is -0.0876. The van der Waals surface area contributed by atoms with Crippen molar-refractivity contribution in [2.75, 3.05) is 0 Å². The zero-order valence-corrected chi connectivity index (χ0v) is 70.8. The second-order valence-electron chi connectivity index (χ2n) is 34.2. The van der Waals surface area contributed by atoms with Gasteiger partial charge in [-0.05, 0) is 174 Å². The van der Waals surface area contributed by atoms with Crippen molar-refractivity contribution in [1.82, 2.24) is 29.9 Å². The van der Waals surface area contributed by atoms with Crippen LogP contribution in [0.5, 0.6) is 0 Å². The summed E-state index contributed by atoms with van der Waals surface area (Å²) < 4.78 is 19.1. The molecule has 9 heteroatoms. The molecular weight excluding hydrogens is 1590 g/mol. The summed E-state index contributed by atoms with van der Waals surface area (Å²) in [5.74, 6) is 2.15. The lowest BCUT2D eigenvalue weighted by molar-refractivity contribution is 0.660. The van der Waals surface area contributed by atoms with E-state index in [1.54, 1.807) is 0 Å². The highest BCUT2D eigenvalue weighted by Gasteiger charge is 2.36. The summed E-state index contributed by atoms with van der Waals surface area (Å²) in [6.45, 7) is 4.64. The minimum Gasteiger partial charge on any atom is -0.455 e. The zero-order chi connectivity index (χ0) is 86.1. The molecule has 0 unspecified atom stereocenters. The number of fused-ring (bicyclic) bond motifs is 23. The van der Waals surface area contributed by atoms with E-state index in [1.165, 1.54) is 27.6 Å². The normalized spacial score (nSPS) is 12.3. The van der Waals surface area contributed by atoms with Gasteiger partial charge in [-0.1, -0.05) is 341 Å². The average molecular weight is 1660 g/mol. The Bertz CT molecular complexity index is 9120. The van der Waals surface area contributed by atoms with Crippen LogP contribution in [-0.2, 0) is 5.41 Å². The van der Waals surface area contributed by atoms with Crippen molar-refractivity contribution in [3.8, 4) is 112 Å². The average Bonchev–Trinajstić information content (AvgIpc) is 1.58. The smallest absolute Gasteiger partial charge is 0.160 e. The Morgan fingerprint density at radius 2 is 0.508 bits per heavy atom. The van der Waals surface area contributed by atoms with Crippen LogP contribution in [0.2, 0.25) is 0 Å². The first-order chi connectivity index (χ1) is 64.1. The van der Waals surface area contributed by atoms with Crippen LogP contribution in [-0.4, -0.2) is 29.9 Å². The van der Waals surface area contributed by atoms with Crippen LogP contribution in [0.3, 0.4) is 0 Å². The van der Waals surface area contributed by atoms with Gasteiger partial charge >= 0.3 is 0 Å². The first kappa shape index (κ1) is 75.4. The highest BCUT2D eigenvalue weighted by atomic mass is 16.3. The maximum absolute atomic E-state index is 6.38. The second-order valence-corrected chi connectivity index (χ2v) is 34.2. The molecular formula is C121H76N6O3. The fraction of sp³-hybridized carbons (Fsp3) is 0.0248. The number of hydrogen-bond acceptors (Lipinski definition) is 9. The molecule has 0 radical (unpaired) electrons. The molecule has 6 heterocycles. The maximum atomic E-state index is 6.38. The van der Waals surface area contributed by atoms with Gasteiger partial charge in [0, 0.05) is 109 Å². The van der Waals surface area contributed by atoms with E-state index in [0.29, 0.717) is 11.6 Å². The third-order valence-electron chi connectivity index (χ3n) is 26.2. The molecule has 0 amide bonds. The van der Waals surface area contributed by atoms with Gasteiger partial charge in [-0.2, -0.15) is 0 Å². The van der Waals surface area contributed by atoms with E-state index in [2.05, 4.69) is 366 Å². The van der Waals surface area contributed by atoms with E-state index >= 15 is 0 Å². The van der Waals surface area contributed by atoms with Crippen LogP contribution in [0.15, 0.2) is 438 Å². The quantitative estimate of drug-likeness (QED) is 0.130. The number of hydrogen-bond donors (Lipinski definition) is 0. The predicted octanol–water partition coefficient (Wildman–Crippen LogP) is 32.5. The van der Waals surface area contributed by atoms with Crippen LogP contribution >= 0.6 is 0 Å². The number of para-hydroxylation sites is 5. The molecule has 0 saturated carbocycles. The van der Waals surface area contributed by atoms with Gasteiger partial charge in [0.05, 0.1) is 33.6 Å². The molecule has 130 heavy (non-hydrogen) atoms. The van der Waals surface area contributed by atoms with Gasteiger partial charge in [-0.25, -0.2) is 29.9 Å². The Morgan fingerprint density at radius 1 is 0.185 bits per heavy atom. The summed E-state index contributed by atoms with van der Waals surface area (Å²) in [7, 11) is 0. The number of rotatable bonds is 9. The van der Waals surface area contributed by atoms with E-state index in [9.17, 15) is 0 Å². The standard InChI is InChI=1S/C45H30N2O.C40H24N2O.C36H22N2O/c1-45(2)38-15-6-3-12-32(38)33-22-21-30(26-39(33)45)42-36-14-4-7-16-40(36)46-44(47-42)31-11-9-10-28(24-31)29-19-18-27-20-23-35-34-13-5-8-17-41(34)48-43(35)37(27)25-29;1-2-10-27(11-3-1)37-34-22-20-25-9-4-5-14-31(25)38(34)42-40(41-37)30-13-8-12-28(23-30)29-18-17-26-19-21-33-32-15-6-7-16-36(32)43-39(33)35(26)24-29;1-2-9-24(10-3-1)34-30-14-4-6-15-32(30)37-36(38-34)27-12-8-11-25(21-27)26-18-17-23-19-20-29-28-13-5-7-16-33(28)39-35(29)31(23)22-26/h3-26H,1-2H3;1-24H;1-22H. The number of furan rings is 3. The lowest BCUT2D eigenvalue weighted by Crippen LogP contribution is -2.14. The lowest BCUT2D eigenvalue weighted by Gasteiger charge is -2.22. The third kappa shape index (κ3) is 12.9. The third-order valence-corrected chi connectivity index (χ3v) is 26.2. The Balaban J connectivity index is 0.000000106. The molecule has 608 valence electrons. The van der Waals surface area contributed by atoms with E-state index in [1.807, 2.05) is 72.8 Å². The molecule has 0 atom stereocenters. The molecule has 0 saturated heterocycles. The fourth-order valence-corrected chi connectivity index (χ4v) is 19.7. The highest BCUT2D eigenvalue weighted by molar-refractivity contribution is 6.19. The first-order valence-corrected chi connectivity index (χ1v) is 44.1. The summed E-state index contributed by atoms with van der Waals surface area (Å²) in [6, 6.07) is 149. The van der Waals surface area contributed by atoms with Crippen LogP contribution in [0.1, 0.15) is 25.0 Å². The topological polar surface area (TPSA) is 117 Å². The van der Waals surface area contributed by atoms with Crippen LogP contribution < -0.4 is 0 Å². The van der Waals surface area contributed by atoms with Crippen LogP contribution in [0.25, 0.3) is 254 Å². The van der Waals surface area contributed by atoms with Gasteiger partial charge in [0.25, 0.3) is 0 Å². The van der Waals surface area contributed by atoms with Crippen molar-refractivity contribution in [3.63, 3.8) is 0 Å². The van der Waals surface area contributed by atoms with Crippen molar-refractivity contribution in [3.05, 3.63) is 436 Å². The largest absolute Gasteiger partial charge is 0.455 e. The van der Waals surface area contributed by atoms with Crippen LogP contribution in [0.4, 0.5) is 0 Å². The number of aromatic nitrogens is 6. The van der Waals surface area contributed by atoms with E-state index in [0.717, 1.165) is 226 Å². The van der Waals surface area contributed by atoms with Gasteiger partial charge in [-0.3, -0.25) is 0 Å². The fourth-order valence-electron chi connectivity index (χ4n) is 19.7. The van der Waals surface area contributed by atoms with Crippen molar-refractivity contribution in [1.29, 1.82) is 0 Å². The summed E-state index contributed by atoms with van der Waals surface area (Å²) in [5, 5.41) is 19.1. The molecule has 0 fully saturated rings. The highest BCUT2D eigenvalue weighted by Crippen LogP contribution is 2.51. The van der Waals surface area contributed by atoms with Crippen molar-refractivity contribution < 1.29 is 13.3 Å². The summed E-state index contributed by atoms with van der Waals surface area (Å²) in [6.07, 6.45) is 0. The van der Waals surface area contributed by atoms with Crippen molar-refractivity contribution in [2.24, 2.45) is 0 Å². The molecule has 27 rings (SSSR count). The molecule has 20 aromatic carbocycles. The molecule has 0 bridgehead atoms. The van der Waals surface area contributed by atoms with Gasteiger partial charge in [0.15, 0.2) is 17.5 Å². The molecule has 26 aromatic rings. The first-order valence-electron chi connectivity index (χ1n) is 44.1. The minimum absolute atomic E-state index is 0.0876. The van der Waals surface area contributed by atoms with Crippen molar-refractivity contribution in [2.45, 2.75) is 19.3 Å². The molecule has 6 aromatic heterocycles. The van der Waals surface area contributed by atoms with E-state index in [-0.39, 0.29) is 5.41 Å². The van der Waals surface area contributed by atoms with Crippen LogP contribution in [0, 0.1) is 0 Å². The predicted molar refractivity (Wildman–Crippen MR) is 537 cm³/mol. The molecule has 9 nitrogen and oxygen atoms in total. The summed E-state index contributed by atoms with van der Waals surface area (Å²) >= 11 is 0. The SMILES string of the molecule is CC1(C)c2ccccc2-c2ccc(-c3nc(-c4cccc(-c5ccc6ccc7c8ccccc8oc7c6c5)c4)nc4ccccc34)cc21.c1ccc(-c2nc(-c3cccc(-c4ccc5ccc6c7ccccc7oc6c5c4)c3)nc3c2ccc2ccccc23)cc1.c1ccc(-c2nc(-c3cccc(-c4ccc5ccc6c7ccccc7oc6c5c4)c3)nc3ccccc23)cc1. The summed E-state index contributed by atoms with van der Waals surface area (Å²) in [5.41, 5.74) is 29.3. The molecule has 1 aliphatic rings. The van der Waals surface area contributed by atoms with Gasteiger partial charge in [0.2, 0.25) is 0 Å².